The largest absolute Gasteiger partial charge is 0.464 e. The summed E-state index contributed by atoms with van der Waals surface area (Å²) < 4.78 is 5.53. The fraction of sp³-hybridized carbons (Fsp3) is 0.643. The van der Waals surface area contributed by atoms with Gasteiger partial charge in [0.2, 0.25) is 5.91 Å². The molecule has 0 aliphatic carbocycles. The maximum Gasteiger partial charge on any atom is 0.227 e. The highest BCUT2D eigenvalue weighted by atomic mass is 16.3. The van der Waals surface area contributed by atoms with Crippen LogP contribution in [0, 0.1) is 12.8 Å². The Bertz CT molecular complexity index is 396. The minimum atomic E-state index is -0.177. The Hall–Kier alpha value is -1.29. The highest BCUT2D eigenvalue weighted by Gasteiger charge is 2.26. The van der Waals surface area contributed by atoms with Crippen molar-refractivity contribution in [3.8, 4) is 0 Å². The van der Waals surface area contributed by atoms with Crippen molar-refractivity contribution in [3.05, 3.63) is 23.7 Å². The highest BCUT2D eigenvalue weighted by molar-refractivity contribution is 5.79. The summed E-state index contributed by atoms with van der Waals surface area (Å²) in [6.45, 7) is 10.1. The molecule has 2 unspecified atom stereocenters. The van der Waals surface area contributed by atoms with Crippen LogP contribution in [0.4, 0.5) is 0 Å². The number of hydrogen-bond donors (Lipinski definition) is 1. The van der Waals surface area contributed by atoms with Crippen LogP contribution < -0.4 is 5.73 Å². The molecule has 0 aliphatic heterocycles. The predicted octanol–water partition coefficient (Wildman–Crippen LogP) is 2.31. The number of amides is 1. The van der Waals surface area contributed by atoms with Gasteiger partial charge in [0.15, 0.2) is 0 Å². The lowest BCUT2D eigenvalue weighted by Gasteiger charge is -2.30. The third-order valence-corrected chi connectivity index (χ3v) is 3.21. The van der Waals surface area contributed by atoms with Gasteiger partial charge in [-0.1, -0.05) is 6.92 Å². The molecule has 0 aromatic carbocycles. The summed E-state index contributed by atoms with van der Waals surface area (Å²) in [6.07, 6.45) is 0. The molecule has 1 aromatic rings. The first-order chi connectivity index (χ1) is 8.32. The average Bonchev–Trinajstić information content (AvgIpc) is 2.69. The molecule has 4 nitrogen and oxygen atoms in total. The van der Waals surface area contributed by atoms with Crippen LogP contribution in [-0.4, -0.2) is 22.9 Å². The van der Waals surface area contributed by atoms with E-state index in [1.54, 1.807) is 0 Å². The van der Waals surface area contributed by atoms with Crippen molar-refractivity contribution in [1.82, 2.24) is 4.90 Å². The molecule has 4 heteroatoms. The van der Waals surface area contributed by atoms with Crippen LogP contribution in [0.2, 0.25) is 0 Å². The van der Waals surface area contributed by atoms with Crippen molar-refractivity contribution in [1.29, 1.82) is 0 Å². The van der Waals surface area contributed by atoms with Crippen molar-refractivity contribution in [3.63, 3.8) is 0 Å². The van der Waals surface area contributed by atoms with Crippen molar-refractivity contribution >= 4 is 5.91 Å². The van der Waals surface area contributed by atoms with Crippen LogP contribution in [0.25, 0.3) is 0 Å². The fourth-order valence-electron chi connectivity index (χ4n) is 1.74. The topological polar surface area (TPSA) is 59.5 Å². The number of carbonyl (C=O) groups is 1. The molecule has 18 heavy (non-hydrogen) atoms. The quantitative estimate of drug-likeness (QED) is 0.874. The molecular weight excluding hydrogens is 228 g/mol. The van der Waals surface area contributed by atoms with Crippen molar-refractivity contribution in [2.24, 2.45) is 11.7 Å². The molecule has 2 N–H and O–H groups in total. The molecule has 1 aromatic heterocycles. The smallest absolute Gasteiger partial charge is 0.227 e. The summed E-state index contributed by atoms with van der Waals surface area (Å²) in [5.41, 5.74) is 5.80. The minimum Gasteiger partial charge on any atom is -0.464 e. The first-order valence-electron chi connectivity index (χ1n) is 6.44. The molecule has 2 atom stereocenters. The number of rotatable bonds is 5. The maximum atomic E-state index is 12.3. The third-order valence-electron chi connectivity index (χ3n) is 3.21. The van der Waals surface area contributed by atoms with Crippen LogP contribution in [0.3, 0.4) is 0 Å². The maximum absolute atomic E-state index is 12.3. The lowest BCUT2D eigenvalue weighted by atomic mass is 10.0. The summed E-state index contributed by atoms with van der Waals surface area (Å²) in [6, 6.07) is 3.81. The zero-order valence-electron chi connectivity index (χ0n) is 11.9. The molecule has 0 radical (unpaired) electrons. The van der Waals surface area contributed by atoms with E-state index in [9.17, 15) is 4.79 Å². The molecular formula is C14H24N2O2. The van der Waals surface area contributed by atoms with Crippen LogP contribution >= 0.6 is 0 Å². The third kappa shape index (κ3) is 3.60. The van der Waals surface area contributed by atoms with Gasteiger partial charge in [-0.3, -0.25) is 4.79 Å². The Labute approximate surface area is 109 Å². The van der Waals surface area contributed by atoms with E-state index in [0.717, 1.165) is 11.5 Å². The highest BCUT2D eigenvalue weighted by Crippen LogP contribution is 2.15. The Morgan fingerprint density at radius 2 is 1.94 bits per heavy atom. The van der Waals surface area contributed by atoms with Gasteiger partial charge in [0, 0.05) is 12.1 Å². The summed E-state index contributed by atoms with van der Waals surface area (Å²) >= 11 is 0. The number of carbonyl (C=O) groups excluding carboxylic acids is 1. The second-order valence-corrected chi connectivity index (χ2v) is 5.22. The Morgan fingerprint density at radius 1 is 1.33 bits per heavy atom. The zero-order valence-corrected chi connectivity index (χ0v) is 11.9. The van der Waals surface area contributed by atoms with Gasteiger partial charge in [-0.15, -0.1) is 0 Å². The van der Waals surface area contributed by atoms with Crippen LogP contribution in [-0.2, 0) is 11.3 Å². The van der Waals surface area contributed by atoms with Gasteiger partial charge in [-0.25, -0.2) is 0 Å². The van der Waals surface area contributed by atoms with Gasteiger partial charge in [0.25, 0.3) is 0 Å². The van der Waals surface area contributed by atoms with Crippen molar-refractivity contribution < 1.29 is 9.21 Å². The number of aryl methyl sites for hydroxylation is 1. The standard InChI is InChI=1S/C14H24N2O2/c1-9(2)16(14(17)11(4)12(5)15)8-13-7-6-10(3)18-13/h6-7,9,11-12H,8,15H2,1-5H3. The van der Waals surface area contributed by atoms with E-state index >= 15 is 0 Å². The van der Waals surface area contributed by atoms with Gasteiger partial charge in [-0.2, -0.15) is 0 Å². The van der Waals surface area contributed by atoms with Crippen LogP contribution in [0.5, 0.6) is 0 Å². The zero-order chi connectivity index (χ0) is 13.9. The molecule has 1 heterocycles. The second kappa shape index (κ2) is 6.05. The number of furan rings is 1. The number of nitrogens with two attached hydrogens (primary N) is 1. The van der Waals surface area contributed by atoms with E-state index in [2.05, 4.69) is 0 Å². The van der Waals surface area contributed by atoms with Crippen molar-refractivity contribution in [2.75, 3.05) is 0 Å². The SMILES string of the molecule is Cc1ccc(CN(C(=O)C(C)C(C)N)C(C)C)o1. The summed E-state index contributed by atoms with van der Waals surface area (Å²) in [5.74, 6) is 1.57. The molecule has 1 rings (SSSR count). The van der Waals surface area contributed by atoms with Crippen LogP contribution in [0.1, 0.15) is 39.2 Å². The monoisotopic (exact) mass is 252 g/mol. The molecule has 0 spiro atoms. The van der Waals surface area contributed by atoms with Gasteiger partial charge < -0.3 is 15.1 Å². The number of hydrogen-bond acceptors (Lipinski definition) is 3. The van der Waals surface area contributed by atoms with Gasteiger partial charge >= 0.3 is 0 Å². The second-order valence-electron chi connectivity index (χ2n) is 5.22. The van der Waals surface area contributed by atoms with Gasteiger partial charge in [-0.05, 0) is 39.8 Å². The average molecular weight is 252 g/mol. The minimum absolute atomic E-state index is 0.0778. The van der Waals surface area contributed by atoms with Crippen molar-refractivity contribution in [2.45, 2.75) is 53.2 Å². The number of nitrogens with zero attached hydrogens (tertiary/aromatic N) is 1. The van der Waals surface area contributed by atoms with E-state index in [-0.39, 0.29) is 23.9 Å². The Balaban J connectivity index is 2.80. The molecule has 0 fully saturated rings. The lowest BCUT2D eigenvalue weighted by molar-refractivity contribution is -0.138. The normalized spacial score (nSPS) is 14.6. The first kappa shape index (κ1) is 14.8. The molecule has 1 amide bonds. The van der Waals surface area contributed by atoms with Gasteiger partial charge in [0.05, 0.1) is 12.5 Å². The summed E-state index contributed by atoms with van der Waals surface area (Å²) in [4.78, 5) is 14.2. The first-order valence-corrected chi connectivity index (χ1v) is 6.44. The van der Waals surface area contributed by atoms with E-state index in [1.807, 2.05) is 51.7 Å². The van der Waals surface area contributed by atoms with E-state index in [1.165, 1.54) is 0 Å². The molecule has 102 valence electrons. The fourth-order valence-corrected chi connectivity index (χ4v) is 1.74. The van der Waals surface area contributed by atoms with Crippen LogP contribution in [0.15, 0.2) is 16.5 Å². The molecule has 0 saturated heterocycles. The lowest BCUT2D eigenvalue weighted by Crippen LogP contribution is -2.44. The van der Waals surface area contributed by atoms with E-state index < -0.39 is 0 Å². The van der Waals surface area contributed by atoms with E-state index in [0.29, 0.717) is 6.54 Å². The Morgan fingerprint density at radius 3 is 2.33 bits per heavy atom. The van der Waals surface area contributed by atoms with E-state index in [4.69, 9.17) is 10.2 Å². The summed E-state index contributed by atoms with van der Waals surface area (Å²) in [5, 5.41) is 0. The van der Waals surface area contributed by atoms with Gasteiger partial charge in [0.1, 0.15) is 11.5 Å². The molecule has 0 saturated carbocycles. The predicted molar refractivity (Wildman–Crippen MR) is 71.9 cm³/mol. The Kier molecular flexibility index (Phi) is 4.96. The molecule has 0 bridgehead atoms. The molecule has 0 aliphatic rings. The summed E-state index contributed by atoms with van der Waals surface area (Å²) in [7, 11) is 0.